The first kappa shape index (κ1) is 16.0. The second-order valence-electron chi connectivity index (χ2n) is 5.19. The first-order valence-corrected chi connectivity index (χ1v) is 6.92. The fraction of sp³-hybridized carbons (Fsp3) is 0.267. The van der Waals surface area contributed by atoms with E-state index < -0.39 is 23.3 Å². The highest BCUT2D eigenvalue weighted by atomic mass is 19.4. The summed E-state index contributed by atoms with van der Waals surface area (Å²) in [4.78, 5) is 28.5. The lowest BCUT2D eigenvalue weighted by Crippen LogP contribution is -2.27. The average molecular weight is 339 g/mol. The second-order valence-corrected chi connectivity index (χ2v) is 5.19. The Balaban J connectivity index is 1.98. The van der Waals surface area contributed by atoms with Gasteiger partial charge in [0.05, 0.1) is 13.7 Å². The Morgan fingerprint density at radius 2 is 1.88 bits per heavy atom. The normalized spacial score (nSPS) is 14.0. The molecule has 1 aromatic carbocycles. The van der Waals surface area contributed by atoms with Gasteiger partial charge in [-0.15, -0.1) is 0 Å². The van der Waals surface area contributed by atoms with Crippen LogP contribution in [0.1, 0.15) is 11.3 Å². The number of rotatable bonds is 3. The highest BCUT2D eigenvalue weighted by Crippen LogP contribution is 2.29. The Morgan fingerprint density at radius 1 is 1.21 bits per heavy atom. The molecule has 1 aliphatic heterocycles. The zero-order valence-electron chi connectivity index (χ0n) is 12.5. The van der Waals surface area contributed by atoms with Crippen LogP contribution in [0.4, 0.5) is 19.1 Å². The molecular weight excluding hydrogens is 327 g/mol. The van der Waals surface area contributed by atoms with Gasteiger partial charge in [-0.1, -0.05) is 12.1 Å². The molecule has 0 aliphatic carbocycles. The summed E-state index contributed by atoms with van der Waals surface area (Å²) in [6.45, 7) is -0.313. The number of hydrogen-bond acceptors (Lipinski definition) is 4. The van der Waals surface area contributed by atoms with Crippen LogP contribution in [0.25, 0.3) is 0 Å². The van der Waals surface area contributed by atoms with Crippen molar-refractivity contribution >= 4 is 11.9 Å². The lowest BCUT2D eigenvalue weighted by atomic mass is 10.2. The number of carbonyl (C=O) groups is 1. The maximum atomic E-state index is 12.8. The lowest BCUT2D eigenvalue weighted by Gasteiger charge is -2.16. The number of nitrogens with zero attached hydrogens (tertiary/aromatic N) is 3. The quantitative estimate of drug-likeness (QED) is 0.856. The van der Waals surface area contributed by atoms with Gasteiger partial charge < -0.3 is 4.74 Å². The predicted octanol–water partition coefficient (Wildman–Crippen LogP) is 1.82. The van der Waals surface area contributed by atoms with Crippen LogP contribution in [-0.4, -0.2) is 22.6 Å². The van der Waals surface area contributed by atoms with Crippen LogP contribution in [0.2, 0.25) is 0 Å². The standard InChI is InChI=1S/C15H12F3N3O3/c1-24-10-4-2-9(3-5-10)7-20-13(23)8-21-12(22)6-11(15(16,17)18)19-14(20)21/h2-6H,7-8H2,1H3. The molecule has 0 N–H and O–H groups in total. The molecule has 2 heterocycles. The summed E-state index contributed by atoms with van der Waals surface area (Å²) in [5.41, 5.74) is -1.55. The van der Waals surface area contributed by atoms with E-state index >= 15 is 0 Å². The summed E-state index contributed by atoms with van der Waals surface area (Å²) in [5, 5.41) is 0. The number of halogens is 3. The van der Waals surface area contributed by atoms with E-state index in [0.29, 0.717) is 17.4 Å². The highest BCUT2D eigenvalue weighted by Gasteiger charge is 2.37. The van der Waals surface area contributed by atoms with E-state index in [1.54, 1.807) is 24.3 Å². The number of fused-ring (bicyclic) bond motifs is 1. The third-order valence-corrected chi connectivity index (χ3v) is 3.61. The van der Waals surface area contributed by atoms with Crippen molar-refractivity contribution in [2.45, 2.75) is 19.3 Å². The van der Waals surface area contributed by atoms with Gasteiger partial charge in [-0.25, -0.2) is 4.98 Å². The van der Waals surface area contributed by atoms with Gasteiger partial charge in [0.15, 0.2) is 5.69 Å². The number of carbonyl (C=O) groups excluding carboxylic acids is 1. The molecule has 0 bridgehead atoms. The fourth-order valence-electron chi connectivity index (χ4n) is 2.40. The Kier molecular flexibility index (Phi) is 3.78. The van der Waals surface area contributed by atoms with Gasteiger partial charge in [-0.3, -0.25) is 19.1 Å². The van der Waals surface area contributed by atoms with E-state index in [4.69, 9.17) is 4.74 Å². The van der Waals surface area contributed by atoms with Crippen molar-refractivity contribution in [1.82, 2.24) is 9.55 Å². The molecule has 1 aromatic heterocycles. The topological polar surface area (TPSA) is 64.4 Å². The van der Waals surface area contributed by atoms with Gasteiger partial charge in [0, 0.05) is 6.07 Å². The SMILES string of the molecule is COc1ccc(CN2C(=O)Cn3c2nc(C(F)(F)F)cc3=O)cc1. The van der Waals surface area contributed by atoms with E-state index in [9.17, 15) is 22.8 Å². The van der Waals surface area contributed by atoms with E-state index in [-0.39, 0.29) is 19.0 Å². The molecule has 6 nitrogen and oxygen atoms in total. The minimum Gasteiger partial charge on any atom is -0.497 e. The third-order valence-electron chi connectivity index (χ3n) is 3.61. The second kappa shape index (κ2) is 5.66. The largest absolute Gasteiger partial charge is 0.497 e. The van der Waals surface area contributed by atoms with Crippen molar-refractivity contribution in [2.24, 2.45) is 0 Å². The minimum atomic E-state index is -4.76. The van der Waals surface area contributed by atoms with Crippen LogP contribution >= 0.6 is 0 Å². The van der Waals surface area contributed by atoms with Crippen molar-refractivity contribution in [1.29, 1.82) is 0 Å². The first-order chi connectivity index (χ1) is 11.3. The number of methoxy groups -OCH3 is 1. The van der Waals surface area contributed by atoms with Crippen molar-refractivity contribution in [2.75, 3.05) is 12.0 Å². The molecule has 1 aliphatic rings. The van der Waals surface area contributed by atoms with E-state index in [1.807, 2.05) is 0 Å². The predicted molar refractivity (Wildman–Crippen MR) is 77.7 cm³/mol. The zero-order valence-corrected chi connectivity index (χ0v) is 12.5. The molecule has 1 amide bonds. The summed E-state index contributed by atoms with van der Waals surface area (Å²) in [6, 6.07) is 7.10. The Hall–Kier alpha value is -2.84. The number of hydrogen-bond donors (Lipinski definition) is 0. The number of amides is 1. The average Bonchev–Trinajstić information content (AvgIpc) is 2.84. The summed E-state index contributed by atoms with van der Waals surface area (Å²) in [5.74, 6) is -0.175. The van der Waals surface area contributed by atoms with Gasteiger partial charge in [-0.05, 0) is 17.7 Å². The van der Waals surface area contributed by atoms with E-state index in [0.717, 1.165) is 9.47 Å². The molecule has 0 radical (unpaired) electrons. The number of ether oxygens (including phenoxy) is 1. The molecule has 126 valence electrons. The number of aromatic nitrogens is 2. The zero-order chi connectivity index (χ0) is 17.5. The first-order valence-electron chi connectivity index (χ1n) is 6.92. The van der Waals surface area contributed by atoms with E-state index in [1.165, 1.54) is 7.11 Å². The molecule has 0 spiro atoms. The molecule has 2 aromatic rings. The van der Waals surface area contributed by atoms with Gasteiger partial charge in [0.1, 0.15) is 12.3 Å². The molecule has 0 fully saturated rings. The smallest absolute Gasteiger partial charge is 0.433 e. The third kappa shape index (κ3) is 2.84. The van der Waals surface area contributed by atoms with Crippen LogP contribution < -0.4 is 15.2 Å². The van der Waals surface area contributed by atoms with Crippen LogP contribution in [0.5, 0.6) is 5.75 Å². The fourth-order valence-corrected chi connectivity index (χ4v) is 2.40. The lowest BCUT2D eigenvalue weighted by molar-refractivity contribution is -0.141. The molecule has 9 heteroatoms. The Labute approximate surface area is 134 Å². The molecule has 0 unspecified atom stereocenters. The molecular formula is C15H12F3N3O3. The molecule has 0 atom stereocenters. The van der Waals surface area contributed by atoms with E-state index in [2.05, 4.69) is 4.98 Å². The van der Waals surface area contributed by atoms with Gasteiger partial charge in [-0.2, -0.15) is 13.2 Å². The summed E-state index contributed by atoms with van der Waals surface area (Å²) >= 11 is 0. The van der Waals surface area contributed by atoms with Gasteiger partial charge in [0.25, 0.3) is 5.56 Å². The van der Waals surface area contributed by atoms with Crippen molar-refractivity contribution in [3.8, 4) is 5.75 Å². The maximum absolute atomic E-state index is 12.8. The summed E-state index contributed by atoms with van der Waals surface area (Å²) < 4.78 is 44.5. The van der Waals surface area contributed by atoms with Gasteiger partial charge in [0.2, 0.25) is 11.9 Å². The van der Waals surface area contributed by atoms with Crippen molar-refractivity contribution < 1.29 is 22.7 Å². The van der Waals surface area contributed by atoms with Crippen LogP contribution in [0.15, 0.2) is 35.1 Å². The highest BCUT2D eigenvalue weighted by molar-refractivity contribution is 5.94. The van der Waals surface area contributed by atoms with Gasteiger partial charge >= 0.3 is 6.18 Å². The monoisotopic (exact) mass is 339 g/mol. The molecule has 0 saturated heterocycles. The molecule has 3 rings (SSSR count). The minimum absolute atomic E-state index is 0.0105. The number of benzene rings is 1. The number of alkyl halides is 3. The van der Waals surface area contributed by atoms with Crippen LogP contribution in [-0.2, 0) is 24.1 Å². The molecule has 24 heavy (non-hydrogen) atoms. The number of anilines is 1. The van der Waals surface area contributed by atoms with Crippen molar-refractivity contribution in [3.63, 3.8) is 0 Å². The maximum Gasteiger partial charge on any atom is 0.433 e. The Bertz CT molecular complexity index is 844. The van der Waals surface area contributed by atoms with Crippen LogP contribution in [0, 0.1) is 0 Å². The Morgan fingerprint density at radius 3 is 2.46 bits per heavy atom. The molecule has 0 saturated carbocycles. The van der Waals surface area contributed by atoms with Crippen LogP contribution in [0.3, 0.4) is 0 Å². The summed E-state index contributed by atoms with van der Waals surface area (Å²) in [7, 11) is 1.50. The summed E-state index contributed by atoms with van der Waals surface area (Å²) in [6.07, 6.45) is -4.76. The van der Waals surface area contributed by atoms with Crippen molar-refractivity contribution in [3.05, 3.63) is 51.9 Å².